The van der Waals surface area contributed by atoms with E-state index in [1.165, 1.54) is 23.6 Å². The molecule has 1 aromatic rings. The molecular formula is C13H16O4S. The van der Waals surface area contributed by atoms with Gasteiger partial charge in [-0.1, -0.05) is 12.5 Å². The summed E-state index contributed by atoms with van der Waals surface area (Å²) in [5.74, 6) is 0.0268. The number of phenols is 2. The van der Waals surface area contributed by atoms with Crippen LogP contribution in [0.25, 0.3) is 6.08 Å². The second-order valence-electron chi connectivity index (χ2n) is 4.68. The number of phenolic OH excluding ortho intramolecular Hbond substituents is 2. The van der Waals surface area contributed by atoms with Crippen LogP contribution in [0.4, 0.5) is 0 Å². The van der Waals surface area contributed by atoms with Crippen LogP contribution in [0.15, 0.2) is 23.6 Å². The van der Waals surface area contributed by atoms with Crippen molar-refractivity contribution in [1.29, 1.82) is 0 Å². The smallest absolute Gasteiger partial charge is 0.171 e. The van der Waals surface area contributed by atoms with E-state index in [4.69, 9.17) is 5.11 Å². The molecule has 0 heterocycles. The highest BCUT2D eigenvalue weighted by Gasteiger charge is 2.22. The third kappa shape index (κ3) is 3.26. The highest BCUT2D eigenvalue weighted by Crippen LogP contribution is 2.28. The summed E-state index contributed by atoms with van der Waals surface area (Å²) in [5, 5.41) is 19.6. The van der Waals surface area contributed by atoms with Gasteiger partial charge in [0.25, 0.3) is 0 Å². The summed E-state index contributed by atoms with van der Waals surface area (Å²) < 4.78 is 23.5. The minimum absolute atomic E-state index is 0.202. The van der Waals surface area contributed by atoms with Gasteiger partial charge < -0.3 is 10.2 Å². The number of aromatic hydroxyl groups is 2. The predicted molar refractivity (Wildman–Crippen MR) is 69.9 cm³/mol. The monoisotopic (exact) mass is 268 g/mol. The van der Waals surface area contributed by atoms with Gasteiger partial charge in [-0.25, -0.2) is 8.42 Å². The van der Waals surface area contributed by atoms with Crippen LogP contribution < -0.4 is 0 Å². The molecule has 98 valence electrons. The molecule has 18 heavy (non-hydrogen) atoms. The Bertz CT molecular complexity index is 556. The summed E-state index contributed by atoms with van der Waals surface area (Å²) in [6.07, 6.45) is 4.54. The fourth-order valence-electron chi connectivity index (χ4n) is 1.87. The molecule has 0 atom stereocenters. The molecule has 0 radical (unpaired) electrons. The summed E-state index contributed by atoms with van der Waals surface area (Å²) in [4.78, 5) is 0. The van der Waals surface area contributed by atoms with Gasteiger partial charge in [-0.05, 0) is 42.5 Å². The number of sulfone groups is 1. The van der Waals surface area contributed by atoms with Crippen molar-refractivity contribution in [2.75, 3.05) is 5.75 Å². The topological polar surface area (TPSA) is 74.6 Å². The van der Waals surface area contributed by atoms with E-state index in [-0.39, 0.29) is 17.3 Å². The third-order valence-corrected chi connectivity index (χ3v) is 4.65. The van der Waals surface area contributed by atoms with E-state index in [1.807, 2.05) is 0 Å². The van der Waals surface area contributed by atoms with E-state index in [1.54, 1.807) is 6.07 Å². The maximum atomic E-state index is 11.8. The summed E-state index contributed by atoms with van der Waals surface area (Å²) in [6, 6.07) is 4.20. The molecule has 0 bridgehead atoms. The van der Waals surface area contributed by atoms with Crippen molar-refractivity contribution in [3.05, 3.63) is 29.2 Å². The van der Waals surface area contributed by atoms with E-state index in [2.05, 4.69) is 0 Å². The van der Waals surface area contributed by atoms with Crippen LogP contribution in [-0.4, -0.2) is 24.4 Å². The van der Waals surface area contributed by atoms with Gasteiger partial charge in [-0.3, -0.25) is 0 Å². The first-order valence-corrected chi connectivity index (χ1v) is 7.61. The minimum Gasteiger partial charge on any atom is -0.504 e. The average Bonchev–Trinajstić information content (AvgIpc) is 2.26. The van der Waals surface area contributed by atoms with E-state index in [0.29, 0.717) is 11.5 Å². The van der Waals surface area contributed by atoms with Gasteiger partial charge in [0.15, 0.2) is 21.3 Å². The zero-order valence-electron chi connectivity index (χ0n) is 9.91. The molecule has 5 heteroatoms. The lowest BCUT2D eigenvalue weighted by molar-refractivity contribution is 0.348. The normalized spacial score (nSPS) is 16.9. The molecule has 4 nitrogen and oxygen atoms in total. The molecule has 0 unspecified atom stereocenters. The van der Waals surface area contributed by atoms with Crippen molar-refractivity contribution < 1.29 is 18.6 Å². The van der Waals surface area contributed by atoms with E-state index in [0.717, 1.165) is 19.3 Å². The predicted octanol–water partition coefficient (Wildman–Crippen LogP) is 2.28. The summed E-state index contributed by atoms with van der Waals surface area (Å²) in [5.41, 5.74) is 0.544. The number of hydrogen-bond donors (Lipinski definition) is 2. The highest BCUT2D eigenvalue weighted by atomic mass is 32.2. The largest absolute Gasteiger partial charge is 0.504 e. The molecule has 0 spiro atoms. The van der Waals surface area contributed by atoms with Gasteiger partial charge in [-0.2, -0.15) is 0 Å². The molecule has 1 aliphatic carbocycles. The number of benzene rings is 1. The zero-order chi connectivity index (χ0) is 13.2. The molecular weight excluding hydrogens is 252 g/mol. The first-order valence-electron chi connectivity index (χ1n) is 5.89. The molecule has 1 aliphatic rings. The van der Waals surface area contributed by atoms with Gasteiger partial charge in [0.2, 0.25) is 0 Å². The second kappa shape index (κ2) is 5.02. The van der Waals surface area contributed by atoms with Crippen molar-refractivity contribution in [2.45, 2.75) is 19.3 Å². The van der Waals surface area contributed by atoms with Crippen molar-refractivity contribution in [1.82, 2.24) is 0 Å². The Morgan fingerprint density at radius 3 is 2.50 bits per heavy atom. The van der Waals surface area contributed by atoms with Crippen molar-refractivity contribution in [2.24, 2.45) is 5.92 Å². The molecule has 0 aromatic heterocycles. The van der Waals surface area contributed by atoms with Gasteiger partial charge in [0.1, 0.15) is 0 Å². The van der Waals surface area contributed by atoms with E-state index >= 15 is 0 Å². The van der Waals surface area contributed by atoms with Crippen molar-refractivity contribution in [3.63, 3.8) is 0 Å². The Morgan fingerprint density at radius 2 is 1.94 bits per heavy atom. The maximum Gasteiger partial charge on any atom is 0.171 e. The summed E-state index contributed by atoms with van der Waals surface area (Å²) in [6.45, 7) is 0. The highest BCUT2D eigenvalue weighted by molar-refractivity contribution is 7.94. The molecule has 2 N–H and O–H groups in total. The van der Waals surface area contributed by atoms with Crippen LogP contribution in [0, 0.1) is 5.92 Å². The van der Waals surface area contributed by atoms with Crippen LogP contribution in [0.2, 0.25) is 0 Å². The van der Waals surface area contributed by atoms with Crippen LogP contribution in [0.3, 0.4) is 0 Å². The maximum absolute atomic E-state index is 11.8. The van der Waals surface area contributed by atoms with Gasteiger partial charge in [0, 0.05) is 5.41 Å². The fourth-order valence-corrected chi connectivity index (χ4v) is 3.34. The molecule has 1 fully saturated rings. The van der Waals surface area contributed by atoms with E-state index in [9.17, 15) is 13.5 Å². The minimum atomic E-state index is -3.19. The standard InChI is InChI=1S/C13H16O4S/c14-12-5-4-10(8-13(12)15)6-7-18(16,17)9-11-2-1-3-11/h4-8,11,14-15H,1-3,9H2/b7-6+. The Hall–Kier alpha value is -1.49. The lowest BCUT2D eigenvalue weighted by Gasteiger charge is -2.23. The lowest BCUT2D eigenvalue weighted by Crippen LogP contribution is -2.20. The molecule has 0 amide bonds. The number of hydrogen-bond acceptors (Lipinski definition) is 4. The quantitative estimate of drug-likeness (QED) is 0.822. The molecule has 2 rings (SSSR count). The Labute approximate surface area is 107 Å². The average molecular weight is 268 g/mol. The van der Waals surface area contributed by atoms with E-state index < -0.39 is 9.84 Å². The first-order chi connectivity index (χ1) is 8.46. The molecule has 0 aliphatic heterocycles. The van der Waals surface area contributed by atoms with Gasteiger partial charge >= 0.3 is 0 Å². The first kappa shape index (κ1) is 13.0. The molecule has 0 saturated heterocycles. The van der Waals surface area contributed by atoms with Crippen LogP contribution in [0.5, 0.6) is 11.5 Å². The van der Waals surface area contributed by atoms with Crippen molar-refractivity contribution in [3.8, 4) is 11.5 Å². The Kier molecular flexibility index (Phi) is 3.61. The number of rotatable bonds is 4. The van der Waals surface area contributed by atoms with Crippen LogP contribution in [0.1, 0.15) is 24.8 Å². The lowest BCUT2D eigenvalue weighted by atomic mass is 9.87. The van der Waals surface area contributed by atoms with Crippen LogP contribution in [-0.2, 0) is 9.84 Å². The van der Waals surface area contributed by atoms with Gasteiger partial charge in [0.05, 0.1) is 5.75 Å². The summed E-state index contributed by atoms with van der Waals surface area (Å²) in [7, 11) is -3.19. The van der Waals surface area contributed by atoms with Crippen molar-refractivity contribution >= 4 is 15.9 Å². The molecule has 1 saturated carbocycles. The zero-order valence-corrected chi connectivity index (χ0v) is 10.7. The Balaban J connectivity index is 2.06. The Morgan fingerprint density at radius 1 is 1.22 bits per heavy atom. The third-order valence-electron chi connectivity index (χ3n) is 3.16. The van der Waals surface area contributed by atoms with Crippen LogP contribution >= 0.6 is 0 Å². The summed E-state index contributed by atoms with van der Waals surface area (Å²) >= 11 is 0. The fraction of sp³-hybridized carbons (Fsp3) is 0.385. The second-order valence-corrected chi connectivity index (χ2v) is 6.61. The SMILES string of the molecule is O=S(=O)(/C=C/c1ccc(O)c(O)c1)CC1CCC1. The van der Waals surface area contributed by atoms with Gasteiger partial charge in [-0.15, -0.1) is 0 Å². The molecule has 1 aromatic carbocycles.